The predicted octanol–water partition coefficient (Wildman–Crippen LogP) is 5.15. The van der Waals surface area contributed by atoms with Crippen molar-refractivity contribution in [2.45, 2.75) is 39.8 Å². The van der Waals surface area contributed by atoms with Crippen LogP contribution in [0, 0.1) is 13.8 Å². The van der Waals surface area contributed by atoms with Gasteiger partial charge in [0.25, 0.3) is 0 Å². The molecule has 2 aromatic rings. The molecule has 1 heterocycles. The predicted molar refractivity (Wildman–Crippen MR) is 88.2 cm³/mol. The summed E-state index contributed by atoms with van der Waals surface area (Å²) in [7, 11) is 0. The maximum absolute atomic E-state index is 6.36. The van der Waals surface area contributed by atoms with Gasteiger partial charge in [-0.05, 0) is 39.8 Å². The van der Waals surface area contributed by atoms with E-state index in [1.807, 2.05) is 25.1 Å². The monoisotopic (exact) mass is 328 g/mol. The number of rotatable bonds is 4. The van der Waals surface area contributed by atoms with Gasteiger partial charge >= 0.3 is 0 Å². The molecule has 108 valence electrons. The van der Waals surface area contributed by atoms with Gasteiger partial charge in [-0.2, -0.15) is 0 Å². The van der Waals surface area contributed by atoms with E-state index in [1.165, 1.54) is 4.88 Å². The first-order valence-corrected chi connectivity index (χ1v) is 8.11. The standard InChI is InChI=1S/C15H18Cl2N2S/c1-8(2)18-14(15-19-9(3)10(4)20-15)13-11(16)6-5-7-12(13)17/h5-8,14,18H,1-4H3. The first-order valence-electron chi connectivity index (χ1n) is 6.54. The molecular weight excluding hydrogens is 311 g/mol. The Morgan fingerprint density at radius 1 is 1.15 bits per heavy atom. The van der Waals surface area contributed by atoms with Crippen LogP contribution in [-0.2, 0) is 0 Å². The Labute approximate surface area is 134 Å². The first-order chi connectivity index (χ1) is 9.40. The van der Waals surface area contributed by atoms with Gasteiger partial charge < -0.3 is 5.32 Å². The number of benzene rings is 1. The molecule has 5 heteroatoms. The minimum Gasteiger partial charge on any atom is -0.302 e. The van der Waals surface area contributed by atoms with Crippen molar-refractivity contribution < 1.29 is 0 Å². The lowest BCUT2D eigenvalue weighted by Gasteiger charge is -2.22. The molecule has 1 atom stereocenters. The Balaban J connectivity index is 2.52. The number of hydrogen-bond acceptors (Lipinski definition) is 3. The summed E-state index contributed by atoms with van der Waals surface area (Å²) in [6, 6.07) is 5.82. The van der Waals surface area contributed by atoms with Crippen molar-refractivity contribution in [2.75, 3.05) is 0 Å². The summed E-state index contributed by atoms with van der Waals surface area (Å²) in [5.41, 5.74) is 1.96. The normalized spacial score (nSPS) is 12.9. The smallest absolute Gasteiger partial charge is 0.115 e. The molecule has 2 rings (SSSR count). The van der Waals surface area contributed by atoms with Gasteiger partial charge in [-0.3, -0.25) is 0 Å². The van der Waals surface area contributed by atoms with Crippen molar-refractivity contribution in [3.63, 3.8) is 0 Å². The SMILES string of the molecule is Cc1nc(C(NC(C)C)c2c(Cl)cccc2Cl)sc1C. The average molecular weight is 329 g/mol. The Kier molecular flexibility index (Phi) is 5.08. The van der Waals surface area contributed by atoms with Crippen molar-refractivity contribution in [2.24, 2.45) is 0 Å². The zero-order valence-electron chi connectivity index (χ0n) is 12.0. The third kappa shape index (κ3) is 3.34. The molecule has 0 saturated heterocycles. The van der Waals surface area contributed by atoms with Crippen LogP contribution in [0.25, 0.3) is 0 Å². The maximum atomic E-state index is 6.36. The second-order valence-corrected chi connectivity index (χ2v) is 7.13. The van der Waals surface area contributed by atoms with E-state index in [-0.39, 0.29) is 6.04 Å². The van der Waals surface area contributed by atoms with Crippen LogP contribution in [0.15, 0.2) is 18.2 Å². The highest BCUT2D eigenvalue weighted by molar-refractivity contribution is 7.11. The van der Waals surface area contributed by atoms with Gasteiger partial charge in [-0.1, -0.05) is 29.3 Å². The van der Waals surface area contributed by atoms with E-state index >= 15 is 0 Å². The van der Waals surface area contributed by atoms with E-state index in [2.05, 4.69) is 31.1 Å². The molecule has 0 fully saturated rings. The van der Waals surface area contributed by atoms with Crippen LogP contribution < -0.4 is 5.32 Å². The van der Waals surface area contributed by atoms with E-state index < -0.39 is 0 Å². The molecule has 0 bridgehead atoms. The Bertz CT molecular complexity index is 568. The Morgan fingerprint density at radius 2 is 1.75 bits per heavy atom. The molecule has 0 aliphatic carbocycles. The minimum absolute atomic E-state index is 0.0754. The van der Waals surface area contributed by atoms with Crippen LogP contribution >= 0.6 is 34.5 Å². The zero-order valence-corrected chi connectivity index (χ0v) is 14.3. The Hall–Kier alpha value is -0.610. The van der Waals surface area contributed by atoms with E-state index in [1.54, 1.807) is 11.3 Å². The largest absolute Gasteiger partial charge is 0.302 e. The molecule has 0 aliphatic heterocycles. The lowest BCUT2D eigenvalue weighted by Crippen LogP contribution is -2.29. The molecule has 0 spiro atoms. The molecule has 1 N–H and O–H groups in total. The van der Waals surface area contributed by atoms with E-state index in [9.17, 15) is 0 Å². The molecule has 0 radical (unpaired) electrons. The topological polar surface area (TPSA) is 24.9 Å². The number of hydrogen-bond donors (Lipinski definition) is 1. The van der Waals surface area contributed by atoms with Crippen molar-refractivity contribution in [3.8, 4) is 0 Å². The van der Waals surface area contributed by atoms with Gasteiger partial charge in [0.2, 0.25) is 0 Å². The molecule has 2 nitrogen and oxygen atoms in total. The van der Waals surface area contributed by atoms with Crippen LogP contribution in [-0.4, -0.2) is 11.0 Å². The number of aromatic nitrogens is 1. The summed E-state index contributed by atoms with van der Waals surface area (Å²) >= 11 is 14.4. The summed E-state index contributed by atoms with van der Waals surface area (Å²) in [4.78, 5) is 5.88. The molecule has 0 amide bonds. The van der Waals surface area contributed by atoms with Crippen LogP contribution in [0.3, 0.4) is 0 Å². The van der Waals surface area contributed by atoms with Gasteiger partial charge in [0, 0.05) is 26.5 Å². The zero-order chi connectivity index (χ0) is 14.9. The number of halogens is 2. The number of nitrogens with zero attached hydrogens (tertiary/aromatic N) is 1. The summed E-state index contributed by atoms with van der Waals surface area (Å²) in [5, 5.41) is 5.85. The highest BCUT2D eigenvalue weighted by Crippen LogP contribution is 2.36. The van der Waals surface area contributed by atoms with E-state index in [4.69, 9.17) is 23.2 Å². The maximum Gasteiger partial charge on any atom is 0.115 e. The number of nitrogens with one attached hydrogen (secondary N) is 1. The second kappa shape index (κ2) is 6.44. The minimum atomic E-state index is -0.0754. The lowest BCUT2D eigenvalue weighted by molar-refractivity contribution is 0.527. The molecule has 0 aliphatic rings. The molecule has 1 aromatic carbocycles. The van der Waals surface area contributed by atoms with E-state index in [0.717, 1.165) is 16.3 Å². The third-order valence-corrected chi connectivity index (χ3v) is 4.88. The van der Waals surface area contributed by atoms with Gasteiger partial charge in [-0.25, -0.2) is 4.98 Å². The van der Waals surface area contributed by atoms with Crippen LogP contribution in [0.2, 0.25) is 10.0 Å². The van der Waals surface area contributed by atoms with Gasteiger partial charge in [-0.15, -0.1) is 11.3 Å². The van der Waals surface area contributed by atoms with Gasteiger partial charge in [0.15, 0.2) is 0 Å². The highest BCUT2D eigenvalue weighted by atomic mass is 35.5. The van der Waals surface area contributed by atoms with Crippen molar-refractivity contribution >= 4 is 34.5 Å². The second-order valence-electron chi connectivity index (χ2n) is 5.08. The Morgan fingerprint density at radius 3 is 2.20 bits per heavy atom. The lowest BCUT2D eigenvalue weighted by atomic mass is 10.1. The van der Waals surface area contributed by atoms with Crippen LogP contribution in [0.5, 0.6) is 0 Å². The summed E-state index contributed by atoms with van der Waals surface area (Å²) in [5.74, 6) is 0. The van der Waals surface area contributed by atoms with Crippen LogP contribution in [0.4, 0.5) is 0 Å². The molecule has 20 heavy (non-hydrogen) atoms. The van der Waals surface area contributed by atoms with Gasteiger partial charge in [0.05, 0.1) is 11.7 Å². The van der Waals surface area contributed by atoms with Gasteiger partial charge in [0.1, 0.15) is 5.01 Å². The highest BCUT2D eigenvalue weighted by Gasteiger charge is 2.24. The number of thiazole rings is 1. The fourth-order valence-corrected chi connectivity index (χ4v) is 3.63. The fraction of sp³-hybridized carbons (Fsp3) is 0.400. The molecule has 1 aromatic heterocycles. The molecule has 0 saturated carbocycles. The van der Waals surface area contributed by atoms with Crippen molar-refractivity contribution in [3.05, 3.63) is 49.4 Å². The number of aryl methyl sites for hydroxylation is 2. The van der Waals surface area contributed by atoms with E-state index in [0.29, 0.717) is 16.1 Å². The first kappa shape index (κ1) is 15.8. The average Bonchev–Trinajstić information content (AvgIpc) is 2.67. The van der Waals surface area contributed by atoms with Crippen LogP contribution in [0.1, 0.15) is 41.0 Å². The van der Waals surface area contributed by atoms with Crippen molar-refractivity contribution in [1.82, 2.24) is 10.3 Å². The molecular formula is C15H18Cl2N2S. The quantitative estimate of drug-likeness (QED) is 0.839. The fourth-order valence-electron chi connectivity index (χ4n) is 2.02. The summed E-state index contributed by atoms with van der Waals surface area (Å²) in [6.45, 7) is 8.31. The third-order valence-electron chi connectivity index (χ3n) is 3.08. The summed E-state index contributed by atoms with van der Waals surface area (Å²) < 4.78 is 0. The molecule has 1 unspecified atom stereocenters. The summed E-state index contributed by atoms with van der Waals surface area (Å²) in [6.07, 6.45) is 0. The van der Waals surface area contributed by atoms with Crippen molar-refractivity contribution in [1.29, 1.82) is 0 Å².